The van der Waals surface area contributed by atoms with E-state index in [2.05, 4.69) is 67.0 Å². The maximum absolute atomic E-state index is 3.54. The Hall–Kier alpha value is -0.670. The molecular weight excluding hydrogens is 252 g/mol. The molecule has 3 heteroatoms. The molecule has 0 bridgehead atoms. The summed E-state index contributed by atoms with van der Waals surface area (Å²) in [5.41, 5.74) is 2.76. The third kappa shape index (κ3) is 4.15. The molecule has 0 amide bonds. The van der Waals surface area contributed by atoms with Crippen molar-refractivity contribution in [2.24, 2.45) is 0 Å². The van der Waals surface area contributed by atoms with Crippen LogP contribution in [0.1, 0.15) is 38.8 Å². The van der Waals surface area contributed by atoms with Crippen LogP contribution in [-0.2, 0) is 0 Å². The van der Waals surface area contributed by atoms with E-state index in [0.29, 0.717) is 6.04 Å². The van der Waals surface area contributed by atoms with Gasteiger partial charge in [0.1, 0.15) is 0 Å². The van der Waals surface area contributed by atoms with Crippen molar-refractivity contribution in [2.45, 2.75) is 38.5 Å². The first kappa shape index (κ1) is 14.7. The van der Waals surface area contributed by atoms with Gasteiger partial charge >= 0.3 is 0 Å². The van der Waals surface area contributed by atoms with Crippen LogP contribution in [0.2, 0.25) is 0 Å². The van der Waals surface area contributed by atoms with Gasteiger partial charge < -0.3 is 10.2 Å². The molecule has 1 saturated heterocycles. The Balaban J connectivity index is 1.97. The average molecular weight is 278 g/mol. The Morgan fingerprint density at radius 2 is 2.11 bits per heavy atom. The zero-order chi connectivity index (χ0) is 13.7. The van der Waals surface area contributed by atoms with Gasteiger partial charge in [-0.3, -0.25) is 0 Å². The fourth-order valence-electron chi connectivity index (χ4n) is 2.51. The molecule has 106 valence electrons. The molecule has 2 atom stereocenters. The van der Waals surface area contributed by atoms with E-state index in [1.165, 1.54) is 36.5 Å². The predicted octanol–water partition coefficient (Wildman–Crippen LogP) is 3.69. The van der Waals surface area contributed by atoms with Crippen LogP contribution in [0.5, 0.6) is 0 Å². The van der Waals surface area contributed by atoms with Crippen LogP contribution >= 0.6 is 11.8 Å². The predicted molar refractivity (Wildman–Crippen MR) is 87.3 cm³/mol. The fourth-order valence-corrected chi connectivity index (χ4v) is 3.52. The van der Waals surface area contributed by atoms with Gasteiger partial charge in [-0.05, 0) is 37.6 Å². The van der Waals surface area contributed by atoms with Crippen molar-refractivity contribution in [1.82, 2.24) is 5.32 Å². The van der Waals surface area contributed by atoms with Crippen LogP contribution in [0.3, 0.4) is 0 Å². The monoisotopic (exact) mass is 278 g/mol. The van der Waals surface area contributed by atoms with Crippen LogP contribution in [0.15, 0.2) is 24.3 Å². The van der Waals surface area contributed by atoms with Gasteiger partial charge in [0.05, 0.1) is 0 Å². The van der Waals surface area contributed by atoms with Crippen LogP contribution < -0.4 is 10.2 Å². The van der Waals surface area contributed by atoms with Crippen LogP contribution in [0.4, 0.5) is 5.69 Å². The van der Waals surface area contributed by atoms with Gasteiger partial charge in [-0.1, -0.05) is 26.0 Å². The van der Waals surface area contributed by atoms with E-state index in [0.717, 1.165) is 11.8 Å². The highest BCUT2D eigenvalue weighted by molar-refractivity contribution is 8.00. The van der Waals surface area contributed by atoms with Gasteiger partial charge in [0.25, 0.3) is 0 Å². The molecule has 0 saturated carbocycles. The summed E-state index contributed by atoms with van der Waals surface area (Å²) in [7, 11) is 0. The highest BCUT2D eigenvalue weighted by Gasteiger charge is 2.17. The van der Waals surface area contributed by atoms with Crippen molar-refractivity contribution in [3.8, 4) is 0 Å². The summed E-state index contributed by atoms with van der Waals surface area (Å²) in [4.78, 5) is 2.51. The Kier molecular flexibility index (Phi) is 5.59. The minimum absolute atomic E-state index is 0.449. The second-order valence-electron chi connectivity index (χ2n) is 5.39. The molecule has 1 aliphatic rings. The molecule has 1 heterocycles. The molecule has 2 unspecified atom stereocenters. The molecule has 19 heavy (non-hydrogen) atoms. The molecule has 2 nitrogen and oxygen atoms in total. The Morgan fingerprint density at radius 3 is 2.74 bits per heavy atom. The lowest BCUT2D eigenvalue weighted by molar-refractivity contribution is 0.570. The Morgan fingerprint density at radius 1 is 1.37 bits per heavy atom. The van der Waals surface area contributed by atoms with Gasteiger partial charge in [0, 0.05) is 35.8 Å². The number of rotatable bonds is 5. The van der Waals surface area contributed by atoms with E-state index in [9.17, 15) is 0 Å². The van der Waals surface area contributed by atoms with Crippen LogP contribution in [0, 0.1) is 0 Å². The minimum Gasteiger partial charge on any atom is -0.370 e. The summed E-state index contributed by atoms with van der Waals surface area (Å²) in [6, 6.07) is 9.55. The first-order chi connectivity index (χ1) is 9.20. The average Bonchev–Trinajstić information content (AvgIpc) is 2.45. The SMILES string of the molecule is CCCNC(C)c1ccc(N2CCSC(C)C2)cc1. The summed E-state index contributed by atoms with van der Waals surface area (Å²) in [5, 5.41) is 4.29. The van der Waals surface area contributed by atoms with Crippen molar-refractivity contribution < 1.29 is 0 Å². The zero-order valence-electron chi connectivity index (χ0n) is 12.4. The van der Waals surface area contributed by atoms with Crippen molar-refractivity contribution >= 4 is 17.4 Å². The first-order valence-corrected chi connectivity index (χ1v) is 8.45. The van der Waals surface area contributed by atoms with E-state index in [1.54, 1.807) is 0 Å². The lowest BCUT2D eigenvalue weighted by Crippen LogP contribution is -2.36. The first-order valence-electron chi connectivity index (χ1n) is 7.40. The number of hydrogen-bond acceptors (Lipinski definition) is 3. The van der Waals surface area contributed by atoms with E-state index in [-0.39, 0.29) is 0 Å². The number of thioether (sulfide) groups is 1. The summed E-state index contributed by atoms with van der Waals surface area (Å²) in [5.74, 6) is 1.25. The van der Waals surface area contributed by atoms with Gasteiger partial charge in [0.2, 0.25) is 0 Å². The highest BCUT2D eigenvalue weighted by Crippen LogP contribution is 2.25. The quantitative estimate of drug-likeness (QED) is 0.884. The minimum atomic E-state index is 0.449. The van der Waals surface area contributed by atoms with Gasteiger partial charge in [0.15, 0.2) is 0 Å². The standard InChI is InChI=1S/C16H26N2S/c1-4-9-17-14(3)15-5-7-16(8-6-15)18-10-11-19-13(2)12-18/h5-8,13-14,17H,4,9-12H2,1-3H3. The third-order valence-electron chi connectivity index (χ3n) is 3.70. The zero-order valence-corrected chi connectivity index (χ0v) is 13.2. The summed E-state index contributed by atoms with van der Waals surface area (Å²) in [6.45, 7) is 10.2. The third-order valence-corrected chi connectivity index (χ3v) is 4.84. The van der Waals surface area contributed by atoms with E-state index >= 15 is 0 Å². The Labute approximate surface area is 122 Å². The van der Waals surface area contributed by atoms with Crippen LogP contribution in [-0.4, -0.2) is 30.6 Å². The topological polar surface area (TPSA) is 15.3 Å². The highest BCUT2D eigenvalue weighted by atomic mass is 32.2. The number of anilines is 1. The largest absolute Gasteiger partial charge is 0.370 e. The molecule has 2 rings (SSSR count). The smallest absolute Gasteiger partial charge is 0.0367 e. The molecule has 1 fully saturated rings. The fraction of sp³-hybridized carbons (Fsp3) is 0.625. The summed E-state index contributed by atoms with van der Waals surface area (Å²) >= 11 is 2.08. The van der Waals surface area contributed by atoms with Gasteiger partial charge in [-0.2, -0.15) is 11.8 Å². The van der Waals surface area contributed by atoms with E-state index < -0.39 is 0 Å². The number of nitrogens with one attached hydrogen (secondary N) is 1. The lowest BCUT2D eigenvalue weighted by atomic mass is 10.1. The summed E-state index contributed by atoms with van der Waals surface area (Å²) in [6.07, 6.45) is 1.19. The second-order valence-corrected chi connectivity index (χ2v) is 6.94. The molecule has 1 aromatic carbocycles. The lowest BCUT2D eigenvalue weighted by Gasteiger charge is -2.32. The Bertz CT molecular complexity index is 377. The number of nitrogens with zero attached hydrogens (tertiary/aromatic N) is 1. The molecule has 0 aliphatic carbocycles. The van der Waals surface area contributed by atoms with E-state index in [4.69, 9.17) is 0 Å². The maximum atomic E-state index is 3.54. The molecule has 1 aliphatic heterocycles. The number of hydrogen-bond donors (Lipinski definition) is 1. The molecule has 0 spiro atoms. The van der Waals surface area contributed by atoms with E-state index in [1.807, 2.05) is 0 Å². The van der Waals surface area contributed by atoms with Gasteiger partial charge in [-0.25, -0.2) is 0 Å². The van der Waals surface area contributed by atoms with Crippen molar-refractivity contribution in [3.05, 3.63) is 29.8 Å². The molecule has 0 radical (unpaired) electrons. The normalized spacial score (nSPS) is 21.4. The molecule has 1 aromatic rings. The second kappa shape index (κ2) is 7.20. The van der Waals surface area contributed by atoms with Crippen LogP contribution in [0.25, 0.3) is 0 Å². The summed E-state index contributed by atoms with van der Waals surface area (Å²) < 4.78 is 0. The van der Waals surface area contributed by atoms with Gasteiger partial charge in [-0.15, -0.1) is 0 Å². The maximum Gasteiger partial charge on any atom is 0.0367 e. The number of benzene rings is 1. The molecule has 0 aromatic heterocycles. The van der Waals surface area contributed by atoms with Crippen molar-refractivity contribution in [1.29, 1.82) is 0 Å². The van der Waals surface area contributed by atoms with Crippen molar-refractivity contribution in [2.75, 3.05) is 30.3 Å². The molecule has 1 N–H and O–H groups in total. The van der Waals surface area contributed by atoms with Crippen molar-refractivity contribution in [3.63, 3.8) is 0 Å². The molecular formula is C16H26N2S.